The van der Waals surface area contributed by atoms with Crippen molar-refractivity contribution in [1.29, 1.82) is 0 Å². The summed E-state index contributed by atoms with van der Waals surface area (Å²) in [7, 11) is 0. The van der Waals surface area contributed by atoms with Crippen molar-refractivity contribution in [3.8, 4) is 0 Å². The molecule has 0 saturated heterocycles. The number of ether oxygens (including phenoxy) is 1. The van der Waals surface area contributed by atoms with E-state index in [9.17, 15) is 4.79 Å². The molecule has 1 atom stereocenters. The molecule has 2 aromatic heterocycles. The number of para-hydroxylation sites is 1. The fourth-order valence-corrected chi connectivity index (χ4v) is 7.49. The van der Waals surface area contributed by atoms with Crippen LogP contribution in [0.4, 0.5) is 4.79 Å². The molecule has 1 amide bonds. The van der Waals surface area contributed by atoms with Crippen molar-refractivity contribution >= 4 is 17.0 Å². The molecule has 0 unspecified atom stereocenters. The van der Waals surface area contributed by atoms with Crippen molar-refractivity contribution in [1.82, 2.24) is 20.4 Å². The van der Waals surface area contributed by atoms with Crippen LogP contribution in [-0.2, 0) is 17.6 Å². The Labute approximate surface area is 206 Å². The van der Waals surface area contributed by atoms with Crippen molar-refractivity contribution < 1.29 is 14.1 Å². The highest BCUT2D eigenvalue weighted by atomic mass is 16.6. The van der Waals surface area contributed by atoms with Gasteiger partial charge < -0.3 is 19.6 Å². The molecule has 0 spiro atoms. The molecule has 4 aliphatic carbocycles. The molecule has 4 aliphatic rings. The molecular formula is C28H36N4O3. The minimum absolute atomic E-state index is 0.334. The number of rotatable bonds is 6. The summed E-state index contributed by atoms with van der Waals surface area (Å²) in [5.74, 6) is 3.88. The molecule has 2 heterocycles. The Morgan fingerprint density at radius 1 is 1.17 bits per heavy atom. The summed E-state index contributed by atoms with van der Waals surface area (Å²) in [6.07, 6.45) is 11.1. The summed E-state index contributed by atoms with van der Waals surface area (Å²) < 4.78 is 11.3. The molecule has 186 valence electrons. The van der Waals surface area contributed by atoms with Gasteiger partial charge in [-0.15, -0.1) is 0 Å². The number of fused-ring (bicyclic) bond motifs is 1. The van der Waals surface area contributed by atoms with Crippen LogP contribution in [0.2, 0.25) is 0 Å². The zero-order chi connectivity index (χ0) is 24.2. The van der Waals surface area contributed by atoms with Crippen molar-refractivity contribution in [2.45, 2.75) is 83.8 Å². The Balaban J connectivity index is 1.24. The number of alkyl carbamates (subject to hydrolysis) is 1. The molecular weight excluding hydrogens is 440 g/mol. The highest BCUT2D eigenvalue weighted by molar-refractivity contribution is 5.83. The zero-order valence-electron chi connectivity index (χ0n) is 21.0. The Morgan fingerprint density at radius 3 is 2.54 bits per heavy atom. The van der Waals surface area contributed by atoms with Crippen LogP contribution in [0.15, 0.2) is 35.0 Å². The molecule has 4 fully saturated rings. The van der Waals surface area contributed by atoms with Gasteiger partial charge in [-0.25, -0.2) is 4.79 Å². The fourth-order valence-electron chi connectivity index (χ4n) is 7.49. The van der Waals surface area contributed by atoms with Crippen LogP contribution in [0.1, 0.15) is 82.6 Å². The van der Waals surface area contributed by atoms with Gasteiger partial charge in [0.2, 0.25) is 5.89 Å². The van der Waals surface area contributed by atoms with E-state index in [2.05, 4.69) is 21.5 Å². The maximum absolute atomic E-state index is 12.7. The van der Waals surface area contributed by atoms with Gasteiger partial charge in [0, 0.05) is 29.9 Å². The van der Waals surface area contributed by atoms with E-state index in [0.29, 0.717) is 17.7 Å². The maximum atomic E-state index is 12.7. The Kier molecular flexibility index (Phi) is 5.42. The van der Waals surface area contributed by atoms with E-state index in [1.807, 2.05) is 45.2 Å². The molecule has 4 saturated carbocycles. The number of aromatic amines is 1. The summed E-state index contributed by atoms with van der Waals surface area (Å²) in [4.78, 5) is 20.9. The lowest BCUT2D eigenvalue weighted by Gasteiger charge is -2.56. The summed E-state index contributed by atoms with van der Waals surface area (Å²) in [6, 6.07) is 7.69. The third-order valence-electron chi connectivity index (χ3n) is 8.27. The first-order valence-electron chi connectivity index (χ1n) is 13.1. The molecule has 35 heavy (non-hydrogen) atoms. The lowest BCUT2D eigenvalue weighted by molar-refractivity contribution is -0.0533. The standard InChI is InChI=1S/C28H36N4O3/c1-27(2,3)34-26(33)30-23(11-20-16-29-22-7-5-4-6-21(20)22)25-31-24(32-35-25)15-28-12-17-8-18(13-28)10-19(9-17)14-28/h4-7,16-19,23,29H,8-15H2,1-3H3,(H,30,33)/t17?,18?,19?,23-,28?/m0/s1. The summed E-state index contributed by atoms with van der Waals surface area (Å²) >= 11 is 0. The van der Waals surface area contributed by atoms with Gasteiger partial charge in [-0.2, -0.15) is 4.98 Å². The first-order valence-corrected chi connectivity index (χ1v) is 13.1. The second kappa shape index (κ2) is 8.38. The second-order valence-corrected chi connectivity index (χ2v) is 12.4. The molecule has 1 aromatic carbocycles. The number of benzene rings is 1. The molecule has 0 radical (unpaired) electrons. The smallest absolute Gasteiger partial charge is 0.408 e. The first kappa shape index (κ1) is 22.6. The number of hydrogen-bond donors (Lipinski definition) is 2. The summed E-state index contributed by atoms with van der Waals surface area (Å²) in [6.45, 7) is 5.58. The molecule has 2 N–H and O–H groups in total. The Bertz CT molecular complexity index is 1180. The van der Waals surface area contributed by atoms with Crippen LogP contribution in [0.5, 0.6) is 0 Å². The molecule has 3 aromatic rings. The SMILES string of the molecule is CC(C)(C)OC(=O)N[C@@H](Cc1c[nH]c2ccccc12)c1nc(CC23CC4CC(CC(C4)C2)C3)no1. The molecule has 7 nitrogen and oxygen atoms in total. The van der Waals surface area contributed by atoms with Gasteiger partial charge in [-0.05, 0) is 94.1 Å². The number of H-pyrrole nitrogens is 1. The van der Waals surface area contributed by atoms with Crippen LogP contribution in [0.25, 0.3) is 10.9 Å². The largest absolute Gasteiger partial charge is 0.444 e. The van der Waals surface area contributed by atoms with Crippen molar-refractivity contribution in [3.63, 3.8) is 0 Å². The minimum Gasteiger partial charge on any atom is -0.444 e. The van der Waals surface area contributed by atoms with Gasteiger partial charge >= 0.3 is 6.09 Å². The average Bonchev–Trinajstić information content (AvgIpc) is 3.38. The molecule has 7 heteroatoms. The average molecular weight is 477 g/mol. The highest BCUT2D eigenvalue weighted by Crippen LogP contribution is 2.60. The quantitative estimate of drug-likeness (QED) is 0.447. The first-order chi connectivity index (χ1) is 16.7. The number of aromatic nitrogens is 3. The highest BCUT2D eigenvalue weighted by Gasteiger charge is 2.51. The van der Waals surface area contributed by atoms with Gasteiger partial charge in [0.25, 0.3) is 0 Å². The maximum Gasteiger partial charge on any atom is 0.408 e. The number of nitrogens with one attached hydrogen (secondary N) is 2. The number of hydrogen-bond acceptors (Lipinski definition) is 5. The fraction of sp³-hybridized carbons (Fsp3) is 0.607. The summed E-state index contributed by atoms with van der Waals surface area (Å²) in [5, 5.41) is 8.52. The second-order valence-electron chi connectivity index (χ2n) is 12.4. The topological polar surface area (TPSA) is 93.0 Å². The van der Waals surface area contributed by atoms with E-state index in [1.54, 1.807) is 0 Å². The predicted octanol–water partition coefficient (Wildman–Crippen LogP) is 6.12. The van der Waals surface area contributed by atoms with Crippen LogP contribution < -0.4 is 5.32 Å². The lowest BCUT2D eigenvalue weighted by Crippen LogP contribution is -2.47. The normalized spacial score (nSPS) is 28.4. The summed E-state index contributed by atoms with van der Waals surface area (Å²) in [5.41, 5.74) is 1.89. The van der Waals surface area contributed by atoms with Crippen LogP contribution in [0, 0.1) is 23.2 Å². The van der Waals surface area contributed by atoms with E-state index in [4.69, 9.17) is 14.2 Å². The third-order valence-corrected chi connectivity index (χ3v) is 8.27. The van der Waals surface area contributed by atoms with Crippen LogP contribution >= 0.6 is 0 Å². The minimum atomic E-state index is -0.589. The lowest BCUT2D eigenvalue weighted by atomic mass is 9.49. The molecule has 0 aliphatic heterocycles. The van der Waals surface area contributed by atoms with Crippen LogP contribution in [0.3, 0.4) is 0 Å². The van der Waals surface area contributed by atoms with E-state index in [0.717, 1.165) is 46.5 Å². The van der Waals surface area contributed by atoms with E-state index < -0.39 is 17.7 Å². The van der Waals surface area contributed by atoms with Crippen molar-refractivity contribution in [2.75, 3.05) is 0 Å². The molecule has 7 rings (SSSR count). The number of carbonyl (C=O) groups excluding carboxylic acids is 1. The third kappa shape index (κ3) is 4.69. The number of amides is 1. The van der Waals surface area contributed by atoms with E-state index in [-0.39, 0.29) is 0 Å². The predicted molar refractivity (Wildman–Crippen MR) is 133 cm³/mol. The Hall–Kier alpha value is -2.83. The van der Waals surface area contributed by atoms with E-state index in [1.165, 1.54) is 38.5 Å². The van der Waals surface area contributed by atoms with Crippen LogP contribution in [-0.4, -0.2) is 26.8 Å². The van der Waals surface area contributed by atoms with Gasteiger partial charge in [0.05, 0.1) is 0 Å². The van der Waals surface area contributed by atoms with Crippen molar-refractivity contribution in [2.24, 2.45) is 23.2 Å². The zero-order valence-corrected chi connectivity index (χ0v) is 21.0. The van der Waals surface area contributed by atoms with Gasteiger partial charge in [0.1, 0.15) is 11.6 Å². The molecule has 4 bridgehead atoms. The Morgan fingerprint density at radius 2 is 1.86 bits per heavy atom. The monoisotopic (exact) mass is 476 g/mol. The van der Waals surface area contributed by atoms with E-state index >= 15 is 0 Å². The number of nitrogens with zero attached hydrogens (tertiary/aromatic N) is 2. The van der Waals surface area contributed by atoms with Gasteiger partial charge in [-0.3, -0.25) is 0 Å². The van der Waals surface area contributed by atoms with Gasteiger partial charge in [0.15, 0.2) is 5.82 Å². The number of carbonyl (C=O) groups is 1. The van der Waals surface area contributed by atoms with Gasteiger partial charge in [-0.1, -0.05) is 23.4 Å². The van der Waals surface area contributed by atoms with Crippen molar-refractivity contribution in [3.05, 3.63) is 47.7 Å².